The summed E-state index contributed by atoms with van der Waals surface area (Å²) in [4.78, 5) is 9.65. The van der Waals surface area contributed by atoms with E-state index >= 15 is 0 Å². The van der Waals surface area contributed by atoms with Crippen LogP contribution in [0.25, 0.3) is 33.4 Å². The molecule has 1 aromatic heterocycles. The predicted molar refractivity (Wildman–Crippen MR) is 183 cm³/mol. The normalized spacial score (nSPS) is 15.2. The highest BCUT2D eigenvalue weighted by atomic mass is 14.8. The van der Waals surface area contributed by atoms with Crippen LogP contribution >= 0.6 is 0 Å². The van der Waals surface area contributed by atoms with Gasteiger partial charge in [-0.15, -0.1) is 0 Å². The van der Waals surface area contributed by atoms with Crippen LogP contribution in [0.3, 0.4) is 0 Å². The van der Waals surface area contributed by atoms with Gasteiger partial charge in [0.2, 0.25) is 0 Å². The number of allylic oxidation sites excluding steroid dienone is 6. The average Bonchev–Trinajstić information content (AvgIpc) is 3.09. The quantitative estimate of drug-likeness (QED) is 0.175. The highest BCUT2D eigenvalue weighted by molar-refractivity contribution is 6.12. The van der Waals surface area contributed by atoms with Gasteiger partial charge in [0.25, 0.3) is 0 Å². The lowest BCUT2D eigenvalue weighted by Crippen LogP contribution is -2.06. The smallest absolute Gasteiger partial charge is 0.0708 e. The van der Waals surface area contributed by atoms with Crippen molar-refractivity contribution in [1.82, 2.24) is 4.98 Å². The van der Waals surface area contributed by atoms with Gasteiger partial charge in [-0.25, -0.2) is 0 Å². The van der Waals surface area contributed by atoms with Crippen molar-refractivity contribution in [2.24, 2.45) is 10.9 Å². The summed E-state index contributed by atoms with van der Waals surface area (Å²) < 4.78 is 0. The van der Waals surface area contributed by atoms with E-state index < -0.39 is 0 Å². The van der Waals surface area contributed by atoms with E-state index in [-0.39, 0.29) is 5.92 Å². The van der Waals surface area contributed by atoms with Crippen LogP contribution in [0, 0.1) is 5.92 Å². The first-order valence-electron chi connectivity index (χ1n) is 14.7. The molecular formula is C41H34N2. The molecule has 2 heteroatoms. The first-order valence-corrected chi connectivity index (χ1v) is 14.7. The molecule has 0 bridgehead atoms. The Kier molecular flexibility index (Phi) is 8.47. The van der Waals surface area contributed by atoms with Crippen LogP contribution < -0.4 is 0 Å². The third-order valence-corrected chi connectivity index (χ3v) is 7.84. The van der Waals surface area contributed by atoms with Gasteiger partial charge >= 0.3 is 0 Å². The van der Waals surface area contributed by atoms with Crippen LogP contribution in [0.5, 0.6) is 0 Å². The molecule has 0 fully saturated rings. The Bertz CT molecular complexity index is 1810. The molecule has 1 unspecified atom stereocenters. The molecule has 0 amide bonds. The second-order valence-electron chi connectivity index (χ2n) is 10.8. The molecule has 5 aromatic rings. The molecule has 0 N–H and O–H groups in total. The predicted octanol–water partition coefficient (Wildman–Crippen LogP) is 10.5. The SMILES string of the molecule is C=C(N=C(/C=C(\C)c1ccc(-c2ccccc2)cc1)c1ccc(-c2ccccc2)cc1)C1C=CC(c2ccccn2)=CC1. The maximum absolute atomic E-state index is 5.15. The van der Waals surface area contributed by atoms with Crippen molar-refractivity contribution in [3.05, 3.63) is 187 Å². The number of nitrogens with zero attached hydrogens (tertiary/aromatic N) is 2. The number of rotatable bonds is 8. The first kappa shape index (κ1) is 27.8. The van der Waals surface area contributed by atoms with Gasteiger partial charge in [-0.05, 0) is 70.5 Å². The Hall–Kier alpha value is -5.34. The number of aromatic nitrogens is 1. The van der Waals surface area contributed by atoms with Crippen molar-refractivity contribution in [1.29, 1.82) is 0 Å². The summed E-state index contributed by atoms with van der Waals surface area (Å²) >= 11 is 0. The number of aliphatic imine (C=N–C) groups is 1. The van der Waals surface area contributed by atoms with Crippen LogP contribution in [-0.2, 0) is 0 Å². The Labute approximate surface area is 254 Å². The summed E-state index contributed by atoms with van der Waals surface area (Å²) in [5, 5.41) is 0. The molecule has 0 radical (unpaired) electrons. The summed E-state index contributed by atoms with van der Waals surface area (Å²) in [5.41, 5.74) is 12.1. The molecule has 1 aliphatic rings. The van der Waals surface area contributed by atoms with E-state index in [1.807, 2.05) is 36.5 Å². The standard InChI is InChI=1S/C41H34N2/c1-30(32-16-20-36(21-17-32)34-11-5-3-6-12-34)29-41(39-26-22-37(23-27-39)35-13-7-4-8-14-35)43-31(2)33-18-24-38(25-19-33)40-15-9-10-28-42-40/h3-18,20-29,33H,2,19H2,1H3/b30-29+,43-41?. The molecule has 0 aliphatic heterocycles. The van der Waals surface area contributed by atoms with Crippen LogP contribution in [-0.4, -0.2) is 10.7 Å². The molecule has 1 atom stereocenters. The van der Waals surface area contributed by atoms with Crippen LogP contribution in [0.2, 0.25) is 0 Å². The lowest BCUT2D eigenvalue weighted by atomic mass is 9.92. The minimum atomic E-state index is 0.130. The van der Waals surface area contributed by atoms with Gasteiger partial charge in [0, 0.05) is 23.4 Å². The van der Waals surface area contributed by atoms with Crippen LogP contribution in [0.4, 0.5) is 0 Å². The monoisotopic (exact) mass is 554 g/mol. The maximum atomic E-state index is 5.15. The van der Waals surface area contributed by atoms with E-state index in [1.165, 1.54) is 27.8 Å². The molecule has 0 spiro atoms. The van der Waals surface area contributed by atoms with Crippen LogP contribution in [0.1, 0.15) is 30.2 Å². The molecule has 1 heterocycles. The molecular weight excluding hydrogens is 520 g/mol. The average molecular weight is 555 g/mol. The Morgan fingerprint density at radius 3 is 1.79 bits per heavy atom. The Morgan fingerprint density at radius 2 is 1.26 bits per heavy atom. The first-order chi connectivity index (χ1) is 21.1. The van der Waals surface area contributed by atoms with Gasteiger partial charge in [-0.1, -0.05) is 140 Å². The van der Waals surface area contributed by atoms with Gasteiger partial charge in [-0.2, -0.15) is 0 Å². The molecule has 2 nitrogen and oxygen atoms in total. The van der Waals surface area contributed by atoms with Crippen molar-refractivity contribution in [2.45, 2.75) is 13.3 Å². The molecule has 208 valence electrons. The number of pyridine rings is 1. The zero-order chi connectivity index (χ0) is 29.4. The second-order valence-corrected chi connectivity index (χ2v) is 10.8. The third kappa shape index (κ3) is 6.77. The summed E-state index contributed by atoms with van der Waals surface area (Å²) in [6.45, 7) is 6.57. The number of benzene rings is 4. The molecule has 43 heavy (non-hydrogen) atoms. The Morgan fingerprint density at radius 1 is 0.698 bits per heavy atom. The highest BCUT2D eigenvalue weighted by Crippen LogP contribution is 2.29. The minimum Gasteiger partial charge on any atom is -0.256 e. The number of hydrogen-bond donors (Lipinski definition) is 0. The summed E-state index contributed by atoms with van der Waals surface area (Å²) in [7, 11) is 0. The van der Waals surface area contributed by atoms with Gasteiger partial charge in [0.15, 0.2) is 0 Å². The fourth-order valence-corrected chi connectivity index (χ4v) is 5.32. The molecule has 4 aromatic carbocycles. The molecule has 1 aliphatic carbocycles. The maximum Gasteiger partial charge on any atom is 0.0708 e. The zero-order valence-corrected chi connectivity index (χ0v) is 24.4. The highest BCUT2D eigenvalue weighted by Gasteiger charge is 2.15. The Balaban J connectivity index is 1.29. The fourth-order valence-electron chi connectivity index (χ4n) is 5.32. The summed E-state index contributed by atoms with van der Waals surface area (Å²) in [6.07, 6.45) is 11.4. The van der Waals surface area contributed by atoms with E-state index in [4.69, 9.17) is 4.99 Å². The van der Waals surface area contributed by atoms with E-state index in [2.05, 4.69) is 140 Å². The lowest BCUT2D eigenvalue weighted by molar-refractivity contribution is 0.762. The zero-order valence-electron chi connectivity index (χ0n) is 24.4. The minimum absolute atomic E-state index is 0.130. The van der Waals surface area contributed by atoms with Crippen molar-refractivity contribution < 1.29 is 0 Å². The lowest BCUT2D eigenvalue weighted by Gasteiger charge is -2.17. The van der Waals surface area contributed by atoms with Crippen LogP contribution in [0.15, 0.2) is 175 Å². The molecule has 0 saturated heterocycles. The van der Waals surface area contributed by atoms with Crippen molar-refractivity contribution in [2.75, 3.05) is 0 Å². The number of hydrogen-bond acceptors (Lipinski definition) is 2. The fraction of sp³-hybridized carbons (Fsp3) is 0.0732. The van der Waals surface area contributed by atoms with Crippen molar-refractivity contribution >= 4 is 16.9 Å². The van der Waals surface area contributed by atoms with Gasteiger partial charge < -0.3 is 0 Å². The topological polar surface area (TPSA) is 25.2 Å². The molecule has 0 saturated carbocycles. The van der Waals surface area contributed by atoms with E-state index in [9.17, 15) is 0 Å². The van der Waals surface area contributed by atoms with E-state index in [0.717, 1.165) is 40.2 Å². The third-order valence-electron chi connectivity index (χ3n) is 7.84. The largest absolute Gasteiger partial charge is 0.256 e. The molecule has 6 rings (SSSR count). The van der Waals surface area contributed by atoms with E-state index in [0.29, 0.717) is 0 Å². The van der Waals surface area contributed by atoms with Gasteiger partial charge in [0.05, 0.1) is 11.4 Å². The van der Waals surface area contributed by atoms with Gasteiger partial charge in [0.1, 0.15) is 0 Å². The van der Waals surface area contributed by atoms with Gasteiger partial charge in [-0.3, -0.25) is 9.98 Å². The summed E-state index contributed by atoms with van der Waals surface area (Å²) in [5.74, 6) is 0.130. The summed E-state index contributed by atoms with van der Waals surface area (Å²) in [6, 6.07) is 44.3. The van der Waals surface area contributed by atoms with Crippen molar-refractivity contribution in [3.63, 3.8) is 0 Å². The second kappa shape index (κ2) is 13.1. The van der Waals surface area contributed by atoms with Crippen molar-refractivity contribution in [3.8, 4) is 22.3 Å². The van der Waals surface area contributed by atoms with E-state index in [1.54, 1.807) is 0 Å².